The van der Waals surface area contributed by atoms with Gasteiger partial charge in [-0.3, -0.25) is 0 Å². The summed E-state index contributed by atoms with van der Waals surface area (Å²) in [4.78, 5) is 4.04. The molecule has 2 N–H and O–H groups in total. The van der Waals surface area contributed by atoms with Gasteiger partial charge in [0.15, 0.2) is 5.76 Å². The highest BCUT2D eigenvalue weighted by atomic mass is 35.5. The minimum absolute atomic E-state index is 0. The average molecular weight is 225 g/mol. The Bertz CT molecular complexity index is 422. The highest BCUT2D eigenvalue weighted by molar-refractivity contribution is 5.85. The molecule has 1 heterocycles. The van der Waals surface area contributed by atoms with Gasteiger partial charge in [0, 0.05) is 5.56 Å². The summed E-state index contributed by atoms with van der Waals surface area (Å²) < 4.78 is 5.42. The molecule has 3 nitrogen and oxygen atoms in total. The van der Waals surface area contributed by atoms with Crippen LogP contribution in [0.4, 0.5) is 0 Å². The van der Waals surface area contributed by atoms with Gasteiger partial charge < -0.3 is 10.2 Å². The summed E-state index contributed by atoms with van der Waals surface area (Å²) in [6.45, 7) is 2.39. The van der Waals surface area contributed by atoms with E-state index in [0.717, 1.165) is 11.3 Å². The van der Waals surface area contributed by atoms with Gasteiger partial charge in [-0.1, -0.05) is 29.8 Å². The van der Waals surface area contributed by atoms with Crippen LogP contribution in [-0.4, -0.2) is 4.98 Å². The molecule has 1 aromatic heterocycles. The minimum atomic E-state index is 0. The Morgan fingerprint density at radius 2 is 1.93 bits per heavy atom. The normalized spacial score (nSPS) is 9.73. The number of aryl methyl sites for hydroxylation is 1. The third kappa shape index (κ3) is 2.58. The van der Waals surface area contributed by atoms with E-state index in [1.54, 1.807) is 6.20 Å². The molecule has 0 atom stereocenters. The average Bonchev–Trinajstić information content (AvgIpc) is 2.67. The van der Waals surface area contributed by atoms with Crippen LogP contribution in [0.2, 0.25) is 0 Å². The van der Waals surface area contributed by atoms with Crippen molar-refractivity contribution in [1.29, 1.82) is 0 Å². The molecule has 0 aliphatic heterocycles. The summed E-state index contributed by atoms with van der Waals surface area (Å²) in [7, 11) is 0. The van der Waals surface area contributed by atoms with Crippen LogP contribution >= 0.6 is 12.4 Å². The maximum absolute atomic E-state index is 5.42. The van der Waals surface area contributed by atoms with E-state index in [1.165, 1.54) is 5.56 Å². The van der Waals surface area contributed by atoms with Crippen molar-refractivity contribution in [3.8, 4) is 11.3 Å². The van der Waals surface area contributed by atoms with Crippen molar-refractivity contribution in [1.82, 2.24) is 4.98 Å². The van der Waals surface area contributed by atoms with Gasteiger partial charge >= 0.3 is 0 Å². The number of hydrogen-bond acceptors (Lipinski definition) is 3. The van der Waals surface area contributed by atoms with Crippen molar-refractivity contribution in [2.45, 2.75) is 13.5 Å². The summed E-state index contributed by atoms with van der Waals surface area (Å²) in [5, 5.41) is 0. The van der Waals surface area contributed by atoms with Crippen LogP contribution < -0.4 is 5.73 Å². The lowest BCUT2D eigenvalue weighted by Crippen LogP contribution is -1.94. The molecule has 0 saturated heterocycles. The number of oxazole rings is 1. The second-order valence-corrected chi connectivity index (χ2v) is 3.19. The van der Waals surface area contributed by atoms with E-state index < -0.39 is 0 Å². The van der Waals surface area contributed by atoms with E-state index in [2.05, 4.69) is 11.9 Å². The number of hydrogen-bond donors (Lipinski definition) is 1. The Morgan fingerprint density at radius 3 is 2.47 bits per heavy atom. The number of rotatable bonds is 2. The summed E-state index contributed by atoms with van der Waals surface area (Å²) in [6.07, 6.45) is 1.70. The second kappa shape index (κ2) is 4.96. The Balaban J connectivity index is 0.00000112. The number of halogens is 1. The molecule has 0 spiro atoms. The fourth-order valence-electron chi connectivity index (χ4n) is 1.26. The van der Waals surface area contributed by atoms with E-state index in [9.17, 15) is 0 Å². The zero-order valence-electron chi connectivity index (χ0n) is 8.43. The smallest absolute Gasteiger partial charge is 0.208 e. The lowest BCUT2D eigenvalue weighted by atomic mass is 10.1. The molecule has 80 valence electrons. The molecule has 0 radical (unpaired) electrons. The molecule has 0 aliphatic carbocycles. The van der Waals surface area contributed by atoms with Gasteiger partial charge in [0.05, 0.1) is 12.7 Å². The monoisotopic (exact) mass is 224 g/mol. The Labute approximate surface area is 94.7 Å². The van der Waals surface area contributed by atoms with Gasteiger partial charge in [0.25, 0.3) is 0 Å². The molecule has 2 rings (SSSR count). The summed E-state index contributed by atoms with van der Waals surface area (Å²) in [5.41, 5.74) is 7.67. The predicted octanol–water partition coefficient (Wildman–Crippen LogP) is 2.53. The first-order chi connectivity index (χ1) is 6.79. The van der Waals surface area contributed by atoms with Crippen molar-refractivity contribution in [2.24, 2.45) is 5.73 Å². The van der Waals surface area contributed by atoms with Crippen molar-refractivity contribution in [3.05, 3.63) is 41.9 Å². The van der Waals surface area contributed by atoms with Gasteiger partial charge in [-0.2, -0.15) is 0 Å². The first-order valence-corrected chi connectivity index (χ1v) is 4.51. The third-order valence-electron chi connectivity index (χ3n) is 2.06. The lowest BCUT2D eigenvalue weighted by Gasteiger charge is -1.96. The van der Waals surface area contributed by atoms with Crippen molar-refractivity contribution < 1.29 is 4.42 Å². The highest BCUT2D eigenvalue weighted by Crippen LogP contribution is 2.20. The summed E-state index contributed by atoms with van der Waals surface area (Å²) in [5.74, 6) is 1.34. The molecule has 0 unspecified atom stereocenters. The van der Waals surface area contributed by atoms with E-state index >= 15 is 0 Å². The Morgan fingerprint density at radius 1 is 1.27 bits per heavy atom. The molecule has 0 amide bonds. The minimum Gasteiger partial charge on any atom is -0.439 e. The molecule has 1 aromatic carbocycles. The van der Waals surface area contributed by atoms with E-state index in [0.29, 0.717) is 12.4 Å². The molecule has 15 heavy (non-hydrogen) atoms. The Hall–Kier alpha value is -1.32. The number of aromatic nitrogens is 1. The maximum Gasteiger partial charge on any atom is 0.208 e. The Kier molecular flexibility index (Phi) is 3.88. The summed E-state index contributed by atoms with van der Waals surface area (Å²) >= 11 is 0. The van der Waals surface area contributed by atoms with Gasteiger partial charge in [-0.15, -0.1) is 12.4 Å². The molecular formula is C11H13ClN2O. The number of benzene rings is 1. The predicted molar refractivity (Wildman–Crippen MR) is 61.8 cm³/mol. The topological polar surface area (TPSA) is 52.0 Å². The van der Waals surface area contributed by atoms with Crippen LogP contribution in [0, 0.1) is 6.92 Å². The number of nitrogens with zero attached hydrogens (tertiary/aromatic N) is 1. The molecule has 4 heteroatoms. The van der Waals surface area contributed by atoms with Gasteiger partial charge in [0.2, 0.25) is 5.89 Å². The molecule has 0 aliphatic rings. The van der Waals surface area contributed by atoms with Gasteiger partial charge in [-0.25, -0.2) is 4.98 Å². The van der Waals surface area contributed by atoms with Crippen molar-refractivity contribution >= 4 is 12.4 Å². The fourth-order valence-corrected chi connectivity index (χ4v) is 1.26. The van der Waals surface area contributed by atoms with Crippen LogP contribution in [0.15, 0.2) is 34.9 Å². The van der Waals surface area contributed by atoms with E-state index in [-0.39, 0.29) is 12.4 Å². The zero-order valence-corrected chi connectivity index (χ0v) is 9.25. The number of nitrogens with two attached hydrogens (primary N) is 1. The van der Waals surface area contributed by atoms with Crippen molar-refractivity contribution in [2.75, 3.05) is 0 Å². The first-order valence-electron chi connectivity index (χ1n) is 4.51. The molecular weight excluding hydrogens is 212 g/mol. The maximum atomic E-state index is 5.42. The lowest BCUT2D eigenvalue weighted by molar-refractivity contribution is 0.509. The zero-order chi connectivity index (χ0) is 9.97. The van der Waals surface area contributed by atoms with E-state index in [4.69, 9.17) is 10.2 Å². The van der Waals surface area contributed by atoms with Gasteiger partial charge in [0.1, 0.15) is 0 Å². The van der Waals surface area contributed by atoms with E-state index in [1.807, 2.05) is 24.3 Å². The molecule has 0 bridgehead atoms. The quantitative estimate of drug-likeness (QED) is 0.853. The second-order valence-electron chi connectivity index (χ2n) is 3.19. The van der Waals surface area contributed by atoms with Crippen LogP contribution in [-0.2, 0) is 6.54 Å². The standard InChI is InChI=1S/C11H12N2O.ClH/c1-8-2-4-9(5-3-8)10-7-13-11(6-12)14-10;/h2-5,7H,6,12H2,1H3;1H. The van der Waals surface area contributed by atoms with Gasteiger partial charge in [-0.05, 0) is 6.92 Å². The van der Waals surface area contributed by atoms with Crippen LogP contribution in [0.25, 0.3) is 11.3 Å². The summed E-state index contributed by atoms with van der Waals surface area (Å²) in [6, 6.07) is 8.10. The van der Waals surface area contributed by atoms with Crippen LogP contribution in [0.3, 0.4) is 0 Å². The third-order valence-corrected chi connectivity index (χ3v) is 2.06. The molecule has 0 saturated carbocycles. The highest BCUT2D eigenvalue weighted by Gasteiger charge is 2.03. The SMILES string of the molecule is Cc1ccc(-c2cnc(CN)o2)cc1.Cl. The van der Waals surface area contributed by atoms with Crippen molar-refractivity contribution in [3.63, 3.8) is 0 Å². The largest absolute Gasteiger partial charge is 0.439 e. The molecule has 2 aromatic rings. The molecule has 0 fully saturated rings. The first kappa shape index (κ1) is 11.8. The van der Waals surface area contributed by atoms with Crippen LogP contribution in [0.1, 0.15) is 11.5 Å². The fraction of sp³-hybridized carbons (Fsp3) is 0.182. The van der Waals surface area contributed by atoms with Crippen LogP contribution in [0.5, 0.6) is 0 Å².